The van der Waals surface area contributed by atoms with Crippen LogP contribution in [0.2, 0.25) is 5.02 Å². The summed E-state index contributed by atoms with van der Waals surface area (Å²) >= 11 is 5.86. The van der Waals surface area contributed by atoms with Crippen molar-refractivity contribution in [2.45, 2.75) is 6.54 Å². The van der Waals surface area contributed by atoms with E-state index in [1.165, 1.54) is 29.5 Å². The maximum atomic E-state index is 13.9. The number of benzene rings is 2. The van der Waals surface area contributed by atoms with Gasteiger partial charge in [-0.2, -0.15) is 5.10 Å². The lowest BCUT2D eigenvalue weighted by atomic mass is 10.0. The first kappa shape index (κ1) is 16.1. The van der Waals surface area contributed by atoms with Crippen LogP contribution in [0.4, 0.5) is 4.39 Å². The second-order valence-corrected chi connectivity index (χ2v) is 5.56. The molecule has 24 heavy (non-hydrogen) atoms. The highest BCUT2D eigenvalue weighted by Gasteiger charge is 2.14. The average molecular weight is 342 g/mol. The van der Waals surface area contributed by atoms with Crippen molar-refractivity contribution in [3.05, 3.63) is 88.7 Å². The predicted octanol–water partition coefficient (Wildman–Crippen LogP) is 4.04. The molecule has 0 fully saturated rings. The third kappa shape index (κ3) is 3.75. The number of Topliss-reactive ketones (excluding diaryl/α,β-unsaturated/α-hetero) is 1. The molecule has 0 spiro atoms. The summed E-state index contributed by atoms with van der Waals surface area (Å²) in [4.78, 5) is 16.7. The molecule has 3 rings (SSSR count). The lowest BCUT2D eigenvalue weighted by Crippen LogP contribution is -2.11. The summed E-state index contributed by atoms with van der Waals surface area (Å²) in [5.74, 6) is -0.608. The molecule has 4 nitrogen and oxygen atoms in total. The van der Waals surface area contributed by atoms with Crippen molar-refractivity contribution in [3.63, 3.8) is 0 Å². The Balaban J connectivity index is 2.00. The van der Waals surface area contributed by atoms with Gasteiger partial charge < -0.3 is 0 Å². The van der Waals surface area contributed by atoms with Crippen molar-refractivity contribution in [1.82, 2.24) is 14.8 Å². The van der Waals surface area contributed by atoms with Crippen LogP contribution in [0.15, 0.2) is 66.8 Å². The van der Waals surface area contributed by atoms with E-state index in [4.69, 9.17) is 11.6 Å². The highest BCUT2D eigenvalue weighted by Crippen LogP contribution is 2.18. The van der Waals surface area contributed by atoms with Crippen LogP contribution in [-0.4, -0.2) is 20.5 Å². The second-order valence-electron chi connectivity index (χ2n) is 5.12. The average Bonchev–Trinajstić information content (AvgIpc) is 3.09. The third-order valence-corrected chi connectivity index (χ3v) is 3.68. The molecule has 0 atom stereocenters. The fourth-order valence-corrected chi connectivity index (χ4v) is 2.36. The Morgan fingerprint density at radius 1 is 1.17 bits per heavy atom. The quantitative estimate of drug-likeness (QED) is 0.520. The van der Waals surface area contributed by atoms with E-state index in [1.807, 2.05) is 0 Å². The lowest BCUT2D eigenvalue weighted by molar-refractivity contribution is 0.103. The number of hydrogen-bond donors (Lipinski definition) is 0. The number of nitrogens with zero attached hydrogens (tertiary/aromatic N) is 3. The number of aromatic nitrogens is 3. The second kappa shape index (κ2) is 7.19. The van der Waals surface area contributed by atoms with E-state index in [0.29, 0.717) is 21.7 Å². The standard InChI is InChI=1S/C18H13ClFN3O/c19-16-7-5-13(6-8-16)18(24)15(10-23-12-21-11-22-23)9-14-3-1-2-4-17(14)20/h1-9,11-12H,10H2. The SMILES string of the molecule is O=C(C(=Cc1ccccc1F)Cn1cncn1)c1ccc(Cl)cc1. The molecular weight excluding hydrogens is 329 g/mol. The van der Waals surface area contributed by atoms with Crippen LogP contribution in [0.5, 0.6) is 0 Å². The molecule has 2 aromatic carbocycles. The van der Waals surface area contributed by atoms with E-state index in [1.54, 1.807) is 42.5 Å². The molecule has 6 heteroatoms. The van der Waals surface area contributed by atoms with Crippen molar-refractivity contribution >= 4 is 23.5 Å². The summed E-state index contributed by atoms with van der Waals surface area (Å²) in [5.41, 5.74) is 1.21. The fourth-order valence-electron chi connectivity index (χ4n) is 2.24. The van der Waals surface area contributed by atoms with Gasteiger partial charge in [-0.25, -0.2) is 14.1 Å². The Labute approximate surface area is 143 Å². The summed E-state index contributed by atoms with van der Waals surface area (Å²) in [6.07, 6.45) is 4.42. The van der Waals surface area contributed by atoms with E-state index in [-0.39, 0.29) is 12.3 Å². The number of rotatable bonds is 5. The number of hydrogen-bond acceptors (Lipinski definition) is 3. The molecule has 120 valence electrons. The van der Waals surface area contributed by atoms with Crippen LogP contribution in [0.1, 0.15) is 15.9 Å². The Morgan fingerprint density at radius 2 is 1.92 bits per heavy atom. The van der Waals surface area contributed by atoms with Crippen molar-refractivity contribution in [2.24, 2.45) is 0 Å². The molecule has 3 aromatic rings. The summed E-state index contributed by atoms with van der Waals surface area (Å²) in [7, 11) is 0. The molecule has 0 N–H and O–H groups in total. The van der Waals surface area contributed by atoms with Gasteiger partial charge in [0.2, 0.25) is 0 Å². The first-order valence-electron chi connectivity index (χ1n) is 7.21. The highest BCUT2D eigenvalue weighted by atomic mass is 35.5. The highest BCUT2D eigenvalue weighted by molar-refractivity contribution is 6.30. The Morgan fingerprint density at radius 3 is 2.58 bits per heavy atom. The van der Waals surface area contributed by atoms with E-state index >= 15 is 0 Å². The Hall–Kier alpha value is -2.79. The van der Waals surface area contributed by atoms with Gasteiger partial charge in [-0.05, 0) is 36.4 Å². The van der Waals surface area contributed by atoms with E-state index < -0.39 is 5.82 Å². The molecule has 0 saturated heterocycles. The van der Waals surface area contributed by atoms with Gasteiger partial charge in [0.05, 0.1) is 6.54 Å². The normalized spacial score (nSPS) is 11.5. The first-order valence-corrected chi connectivity index (χ1v) is 7.59. The van der Waals surface area contributed by atoms with Crippen LogP contribution in [0.25, 0.3) is 6.08 Å². The molecule has 0 radical (unpaired) electrons. The van der Waals surface area contributed by atoms with Crippen LogP contribution in [0, 0.1) is 5.82 Å². The molecule has 0 aliphatic heterocycles. The fraction of sp³-hybridized carbons (Fsp3) is 0.0556. The van der Waals surface area contributed by atoms with E-state index in [0.717, 1.165) is 0 Å². The Bertz CT molecular complexity index is 874. The molecule has 1 heterocycles. The lowest BCUT2D eigenvalue weighted by Gasteiger charge is -2.08. The molecule has 0 unspecified atom stereocenters. The number of halogens is 2. The van der Waals surface area contributed by atoms with Crippen LogP contribution in [0.3, 0.4) is 0 Å². The van der Waals surface area contributed by atoms with Gasteiger partial charge in [-0.3, -0.25) is 4.79 Å². The summed E-state index contributed by atoms with van der Waals surface area (Å²) < 4.78 is 15.5. The molecule has 1 aromatic heterocycles. The summed E-state index contributed by atoms with van der Waals surface area (Å²) in [6.45, 7) is 0.190. The zero-order chi connectivity index (χ0) is 16.9. The Kier molecular flexibility index (Phi) is 4.82. The zero-order valence-electron chi connectivity index (χ0n) is 12.6. The van der Waals surface area contributed by atoms with Gasteiger partial charge in [-0.15, -0.1) is 0 Å². The molecule has 0 aliphatic rings. The minimum Gasteiger partial charge on any atom is -0.289 e. The van der Waals surface area contributed by atoms with Gasteiger partial charge in [-0.1, -0.05) is 29.8 Å². The van der Waals surface area contributed by atoms with Crippen LogP contribution >= 0.6 is 11.6 Å². The molecule has 0 bridgehead atoms. The van der Waals surface area contributed by atoms with E-state index in [9.17, 15) is 9.18 Å². The van der Waals surface area contributed by atoms with Crippen molar-refractivity contribution in [3.8, 4) is 0 Å². The third-order valence-electron chi connectivity index (χ3n) is 3.43. The number of carbonyl (C=O) groups is 1. The predicted molar refractivity (Wildman–Crippen MR) is 90.2 cm³/mol. The largest absolute Gasteiger partial charge is 0.289 e. The van der Waals surface area contributed by atoms with Gasteiger partial charge in [0.25, 0.3) is 0 Å². The summed E-state index contributed by atoms with van der Waals surface area (Å²) in [5, 5.41) is 4.55. The minimum atomic E-state index is -0.391. The van der Waals surface area contributed by atoms with Gasteiger partial charge in [0.15, 0.2) is 5.78 Å². The maximum Gasteiger partial charge on any atom is 0.190 e. The van der Waals surface area contributed by atoms with Crippen LogP contribution < -0.4 is 0 Å². The minimum absolute atomic E-state index is 0.190. The van der Waals surface area contributed by atoms with E-state index in [2.05, 4.69) is 10.1 Å². The van der Waals surface area contributed by atoms with Gasteiger partial charge in [0, 0.05) is 21.7 Å². The van der Waals surface area contributed by atoms with Crippen molar-refractivity contribution in [1.29, 1.82) is 0 Å². The zero-order valence-corrected chi connectivity index (χ0v) is 13.3. The smallest absolute Gasteiger partial charge is 0.190 e. The van der Waals surface area contributed by atoms with Crippen LogP contribution in [-0.2, 0) is 6.54 Å². The van der Waals surface area contributed by atoms with Gasteiger partial charge >= 0.3 is 0 Å². The van der Waals surface area contributed by atoms with Gasteiger partial charge in [0.1, 0.15) is 18.5 Å². The molecule has 0 amide bonds. The number of ketones is 1. The number of allylic oxidation sites excluding steroid dienone is 1. The molecular formula is C18H13ClFN3O. The molecule has 0 saturated carbocycles. The first-order chi connectivity index (χ1) is 11.6. The molecule has 0 aliphatic carbocycles. The maximum absolute atomic E-state index is 13.9. The monoisotopic (exact) mass is 341 g/mol. The topological polar surface area (TPSA) is 47.8 Å². The van der Waals surface area contributed by atoms with Crippen molar-refractivity contribution in [2.75, 3.05) is 0 Å². The van der Waals surface area contributed by atoms with Crippen molar-refractivity contribution < 1.29 is 9.18 Å². The summed E-state index contributed by atoms with van der Waals surface area (Å²) in [6, 6.07) is 12.9. The number of carbonyl (C=O) groups excluding carboxylic acids is 1.